The van der Waals surface area contributed by atoms with Crippen LogP contribution < -0.4 is 11.1 Å². The molecule has 1 aromatic carbocycles. The van der Waals surface area contributed by atoms with E-state index in [1.807, 2.05) is 13.8 Å². The summed E-state index contributed by atoms with van der Waals surface area (Å²) < 4.78 is 5.18. The Balaban J connectivity index is 1.53. The fourth-order valence-electron chi connectivity index (χ4n) is 2.71. The lowest BCUT2D eigenvalue weighted by molar-refractivity contribution is 0.372. The van der Waals surface area contributed by atoms with Crippen LogP contribution in [0.5, 0.6) is 0 Å². The van der Waals surface area contributed by atoms with Crippen molar-refractivity contribution >= 4 is 11.6 Å². The molecule has 23 heavy (non-hydrogen) atoms. The van der Waals surface area contributed by atoms with Gasteiger partial charge < -0.3 is 15.6 Å². The van der Waals surface area contributed by atoms with Crippen molar-refractivity contribution in [3.63, 3.8) is 0 Å². The molecule has 0 radical (unpaired) electrons. The average Bonchev–Trinajstić information content (AvgIpc) is 3.15. The molecule has 2 aromatic rings. The van der Waals surface area contributed by atoms with Gasteiger partial charge in [0.2, 0.25) is 5.89 Å². The largest absolute Gasteiger partial charge is 0.370 e. The van der Waals surface area contributed by atoms with Crippen molar-refractivity contribution in [3.05, 3.63) is 41.0 Å². The van der Waals surface area contributed by atoms with E-state index in [4.69, 9.17) is 10.3 Å². The van der Waals surface area contributed by atoms with Crippen LogP contribution in [0.25, 0.3) is 0 Å². The summed E-state index contributed by atoms with van der Waals surface area (Å²) in [6, 6.07) is 6.39. The third kappa shape index (κ3) is 3.88. The number of hydrogen-bond donors (Lipinski definition) is 2. The summed E-state index contributed by atoms with van der Waals surface area (Å²) in [6.07, 6.45) is 4.16. The Morgan fingerprint density at radius 3 is 2.96 bits per heavy atom. The minimum absolute atomic E-state index is 0.266. The number of anilines is 1. The number of benzene rings is 1. The van der Waals surface area contributed by atoms with Crippen molar-refractivity contribution in [2.45, 2.75) is 45.4 Å². The molecule has 6 nitrogen and oxygen atoms in total. The molecule has 0 amide bonds. The maximum atomic E-state index is 5.94. The van der Waals surface area contributed by atoms with Gasteiger partial charge in [-0.3, -0.25) is 4.99 Å². The van der Waals surface area contributed by atoms with Crippen molar-refractivity contribution in [3.8, 4) is 0 Å². The lowest BCUT2D eigenvalue weighted by Crippen LogP contribution is -2.23. The van der Waals surface area contributed by atoms with E-state index >= 15 is 0 Å². The molecule has 122 valence electrons. The Morgan fingerprint density at radius 1 is 1.35 bits per heavy atom. The zero-order valence-corrected chi connectivity index (χ0v) is 13.7. The number of rotatable bonds is 5. The molecule has 1 aromatic heterocycles. The molecule has 0 atom stereocenters. The standard InChI is InChI=1S/C17H23N5O/c1-11(2)16-21-15(23-22-16)8-9-19-17(18)20-14-7-6-12-4-3-5-13(12)10-14/h6-7,10-11H,3-5,8-9H2,1-2H3,(H3,18,19,20). The van der Waals surface area contributed by atoms with Crippen molar-refractivity contribution in [2.75, 3.05) is 11.9 Å². The van der Waals surface area contributed by atoms with Gasteiger partial charge in [0, 0.05) is 18.0 Å². The summed E-state index contributed by atoms with van der Waals surface area (Å²) in [4.78, 5) is 8.64. The number of aromatic nitrogens is 2. The highest BCUT2D eigenvalue weighted by molar-refractivity contribution is 5.92. The van der Waals surface area contributed by atoms with E-state index in [0.717, 1.165) is 17.9 Å². The highest BCUT2D eigenvalue weighted by Crippen LogP contribution is 2.24. The van der Waals surface area contributed by atoms with Crippen LogP contribution in [0.2, 0.25) is 0 Å². The van der Waals surface area contributed by atoms with Crippen molar-refractivity contribution < 1.29 is 4.52 Å². The summed E-state index contributed by atoms with van der Waals surface area (Å²) in [5.74, 6) is 2.00. The van der Waals surface area contributed by atoms with Crippen LogP contribution >= 0.6 is 0 Å². The van der Waals surface area contributed by atoms with Crippen LogP contribution in [0, 0.1) is 0 Å². The number of aryl methyl sites for hydroxylation is 2. The van der Waals surface area contributed by atoms with E-state index in [1.165, 1.54) is 24.0 Å². The molecule has 0 fully saturated rings. The number of nitrogens with two attached hydrogens (primary N) is 1. The molecule has 1 aliphatic rings. The Morgan fingerprint density at radius 2 is 2.17 bits per heavy atom. The van der Waals surface area contributed by atoms with Crippen LogP contribution in [-0.2, 0) is 19.3 Å². The van der Waals surface area contributed by atoms with Crippen LogP contribution in [0.3, 0.4) is 0 Å². The molecule has 1 heterocycles. The number of fused-ring (bicyclic) bond motifs is 1. The van der Waals surface area contributed by atoms with Crippen molar-refractivity contribution in [1.29, 1.82) is 0 Å². The number of nitrogens with zero attached hydrogens (tertiary/aromatic N) is 3. The number of guanidine groups is 1. The van der Waals surface area contributed by atoms with Gasteiger partial charge in [0.15, 0.2) is 11.8 Å². The Kier molecular flexibility index (Phi) is 4.60. The van der Waals surface area contributed by atoms with Crippen LogP contribution in [0.1, 0.15) is 49.0 Å². The average molecular weight is 313 g/mol. The minimum Gasteiger partial charge on any atom is -0.370 e. The normalized spacial score (nSPS) is 14.3. The first-order chi connectivity index (χ1) is 11.1. The van der Waals surface area contributed by atoms with Crippen molar-refractivity contribution in [2.24, 2.45) is 10.7 Å². The molecule has 0 spiro atoms. The summed E-state index contributed by atoms with van der Waals surface area (Å²) in [7, 11) is 0. The van der Waals surface area contributed by atoms with E-state index in [-0.39, 0.29) is 5.92 Å². The molecular formula is C17H23N5O. The van der Waals surface area contributed by atoms with Crippen LogP contribution in [0.4, 0.5) is 5.69 Å². The molecule has 0 saturated carbocycles. The predicted molar refractivity (Wildman–Crippen MR) is 90.7 cm³/mol. The molecule has 0 unspecified atom stereocenters. The third-order valence-corrected chi connectivity index (χ3v) is 3.98. The zero-order chi connectivity index (χ0) is 16.2. The number of aliphatic imine (C=N–C) groups is 1. The highest BCUT2D eigenvalue weighted by Gasteiger charge is 2.11. The maximum absolute atomic E-state index is 5.94. The third-order valence-electron chi connectivity index (χ3n) is 3.98. The molecule has 0 bridgehead atoms. The molecule has 1 aliphatic carbocycles. The Labute approximate surface area is 136 Å². The summed E-state index contributed by atoms with van der Waals surface area (Å²) in [5.41, 5.74) is 9.79. The topological polar surface area (TPSA) is 89.3 Å². The van der Waals surface area contributed by atoms with E-state index < -0.39 is 0 Å². The SMILES string of the molecule is CC(C)c1noc(CCN=C(N)Nc2ccc3c(c2)CCC3)n1. The zero-order valence-electron chi connectivity index (χ0n) is 13.7. The lowest BCUT2D eigenvalue weighted by Gasteiger charge is -2.07. The summed E-state index contributed by atoms with van der Waals surface area (Å²) >= 11 is 0. The first kappa shape index (κ1) is 15.5. The summed E-state index contributed by atoms with van der Waals surface area (Å²) in [6.45, 7) is 4.58. The highest BCUT2D eigenvalue weighted by atomic mass is 16.5. The molecule has 3 N–H and O–H groups in total. The van der Waals surface area contributed by atoms with Gasteiger partial charge in [0.05, 0.1) is 6.54 Å². The summed E-state index contributed by atoms with van der Waals surface area (Å²) in [5, 5.41) is 7.08. The molecule has 6 heteroatoms. The van der Waals surface area contributed by atoms with E-state index in [1.54, 1.807) is 0 Å². The molecule has 0 saturated heterocycles. The monoisotopic (exact) mass is 313 g/mol. The van der Waals surface area contributed by atoms with Gasteiger partial charge in [-0.1, -0.05) is 25.1 Å². The molecule has 3 rings (SSSR count). The predicted octanol–water partition coefficient (Wildman–Crippen LogP) is 2.65. The second kappa shape index (κ2) is 6.81. The minimum atomic E-state index is 0.266. The number of nitrogens with one attached hydrogen (secondary N) is 1. The van der Waals surface area contributed by atoms with Gasteiger partial charge >= 0.3 is 0 Å². The Bertz CT molecular complexity index is 705. The van der Waals surface area contributed by atoms with E-state index in [0.29, 0.717) is 24.8 Å². The fourth-order valence-corrected chi connectivity index (χ4v) is 2.71. The second-order valence-corrected chi connectivity index (χ2v) is 6.18. The smallest absolute Gasteiger partial charge is 0.228 e. The van der Waals surface area contributed by atoms with Crippen LogP contribution in [0.15, 0.2) is 27.7 Å². The Hall–Kier alpha value is -2.37. The lowest BCUT2D eigenvalue weighted by atomic mass is 10.1. The molecular weight excluding hydrogens is 290 g/mol. The van der Waals surface area contributed by atoms with Gasteiger partial charge in [-0.2, -0.15) is 4.98 Å². The van der Waals surface area contributed by atoms with Crippen molar-refractivity contribution in [1.82, 2.24) is 10.1 Å². The first-order valence-electron chi connectivity index (χ1n) is 8.13. The molecule has 0 aliphatic heterocycles. The van der Waals surface area contributed by atoms with Gasteiger partial charge in [0.1, 0.15) is 0 Å². The maximum Gasteiger partial charge on any atom is 0.228 e. The van der Waals surface area contributed by atoms with E-state index in [9.17, 15) is 0 Å². The van der Waals surface area contributed by atoms with Crippen LogP contribution in [-0.4, -0.2) is 22.6 Å². The number of hydrogen-bond acceptors (Lipinski definition) is 4. The van der Waals surface area contributed by atoms with Gasteiger partial charge in [-0.25, -0.2) is 0 Å². The first-order valence-corrected chi connectivity index (χ1v) is 8.13. The van der Waals surface area contributed by atoms with E-state index in [2.05, 4.69) is 38.6 Å². The van der Waals surface area contributed by atoms with Gasteiger partial charge in [-0.05, 0) is 42.5 Å². The second-order valence-electron chi connectivity index (χ2n) is 6.18. The van der Waals surface area contributed by atoms with Gasteiger partial charge in [-0.15, -0.1) is 0 Å². The fraction of sp³-hybridized carbons (Fsp3) is 0.471. The van der Waals surface area contributed by atoms with Gasteiger partial charge in [0.25, 0.3) is 0 Å². The quantitative estimate of drug-likeness (QED) is 0.654.